The molecule has 72 valence electrons. The zero-order chi connectivity index (χ0) is 11.1. The summed E-state index contributed by atoms with van der Waals surface area (Å²) in [5.41, 5.74) is 0.920. The molecule has 15 heavy (non-hydrogen) atoms. The lowest BCUT2D eigenvalue weighted by Crippen LogP contribution is -1.73. The lowest BCUT2D eigenvalue weighted by atomic mass is 10.2. The highest BCUT2D eigenvalue weighted by molar-refractivity contribution is 6.32. The summed E-state index contributed by atoms with van der Waals surface area (Å²) in [4.78, 5) is 0. The molecular weight excluding hydrogens is 208 g/mol. The largest absolute Gasteiger partial charge is 0.192 e. The molecule has 0 spiro atoms. The van der Waals surface area contributed by atoms with Crippen LogP contribution in [-0.4, -0.2) is 0 Å². The van der Waals surface area contributed by atoms with Gasteiger partial charge in [-0.15, -0.1) is 0 Å². The first-order valence-corrected chi connectivity index (χ1v) is 4.59. The predicted molar refractivity (Wildman–Crippen MR) is 59.8 cm³/mol. The topological polar surface area (TPSA) is 47.6 Å². The summed E-state index contributed by atoms with van der Waals surface area (Å²) in [5, 5.41) is 17.6. The van der Waals surface area contributed by atoms with E-state index >= 15 is 0 Å². The van der Waals surface area contributed by atoms with Gasteiger partial charge in [0.2, 0.25) is 0 Å². The Labute approximate surface area is 93.3 Å². The van der Waals surface area contributed by atoms with Gasteiger partial charge in [0.1, 0.15) is 17.7 Å². The molecule has 2 nitrogen and oxygen atoms in total. The van der Waals surface area contributed by atoms with Crippen molar-refractivity contribution in [2.75, 3.05) is 0 Å². The molecule has 0 radical (unpaired) electrons. The Kier molecular flexibility index (Phi) is 4.16. The van der Waals surface area contributed by atoms with Crippen LogP contribution in [0, 0.1) is 22.7 Å². The van der Waals surface area contributed by atoms with Crippen molar-refractivity contribution in [1.82, 2.24) is 0 Å². The Hall–Kier alpha value is -2.03. The lowest BCUT2D eigenvalue weighted by molar-refractivity contribution is 1.46. The first-order valence-electron chi connectivity index (χ1n) is 4.21. The van der Waals surface area contributed by atoms with Crippen LogP contribution in [-0.2, 0) is 0 Å². The number of benzene rings is 1. The molecule has 0 heterocycles. The minimum atomic E-state index is 0.0679. The van der Waals surface area contributed by atoms with E-state index in [1.165, 1.54) is 6.08 Å². The normalized spacial score (nSPS) is 9.27. The molecule has 1 aromatic rings. The number of rotatable bonds is 2. The van der Waals surface area contributed by atoms with Gasteiger partial charge in [-0.2, -0.15) is 10.5 Å². The van der Waals surface area contributed by atoms with Crippen molar-refractivity contribution in [3.05, 3.63) is 52.6 Å². The predicted octanol–water partition coefficient (Wildman–Crippen LogP) is 3.33. The van der Waals surface area contributed by atoms with Crippen molar-refractivity contribution in [2.24, 2.45) is 0 Å². The Morgan fingerprint density at radius 2 is 1.87 bits per heavy atom. The molecule has 1 aromatic carbocycles. The second kappa shape index (κ2) is 5.65. The zero-order valence-corrected chi connectivity index (χ0v) is 8.57. The van der Waals surface area contributed by atoms with E-state index in [1.807, 2.05) is 18.2 Å². The number of allylic oxidation sites excluding steroid dienone is 3. The second-order valence-corrected chi connectivity index (χ2v) is 3.09. The van der Waals surface area contributed by atoms with Crippen molar-refractivity contribution < 1.29 is 0 Å². The fourth-order valence-electron chi connectivity index (χ4n) is 0.958. The molecule has 1 rings (SSSR count). The van der Waals surface area contributed by atoms with Crippen LogP contribution in [0.3, 0.4) is 0 Å². The molecule has 0 aliphatic rings. The van der Waals surface area contributed by atoms with E-state index in [-0.39, 0.29) is 5.57 Å². The molecule has 0 N–H and O–H groups in total. The Morgan fingerprint density at radius 1 is 1.20 bits per heavy atom. The summed E-state index contributed by atoms with van der Waals surface area (Å²) in [5.74, 6) is 0. The third-order valence-corrected chi connectivity index (χ3v) is 2.03. The zero-order valence-electron chi connectivity index (χ0n) is 7.81. The van der Waals surface area contributed by atoms with Gasteiger partial charge in [0.25, 0.3) is 0 Å². The van der Waals surface area contributed by atoms with Crippen LogP contribution in [0.4, 0.5) is 0 Å². The summed E-state index contributed by atoms with van der Waals surface area (Å²) in [6.07, 6.45) is 4.82. The number of nitrogens with zero attached hydrogens (tertiary/aromatic N) is 2. The molecule has 3 heteroatoms. The second-order valence-electron chi connectivity index (χ2n) is 2.68. The fraction of sp³-hybridized carbons (Fsp3) is 0. The molecular formula is C12H7ClN2. The van der Waals surface area contributed by atoms with Gasteiger partial charge in [-0.05, 0) is 17.7 Å². The number of hydrogen-bond donors (Lipinski definition) is 0. The maximum Gasteiger partial charge on any atom is 0.129 e. The number of halogens is 1. The Balaban J connectivity index is 2.86. The SMILES string of the molecule is N#CC(C#N)=CC=Cc1ccccc1Cl. The fourth-order valence-corrected chi connectivity index (χ4v) is 1.16. The van der Waals surface area contributed by atoms with Crippen molar-refractivity contribution in [3.8, 4) is 12.1 Å². The summed E-state index contributed by atoms with van der Waals surface area (Å²) in [7, 11) is 0. The minimum Gasteiger partial charge on any atom is -0.192 e. The van der Waals surface area contributed by atoms with E-state index in [0.717, 1.165) is 5.56 Å². The monoisotopic (exact) mass is 214 g/mol. The van der Waals surface area contributed by atoms with Crippen LogP contribution in [0.1, 0.15) is 5.56 Å². The highest BCUT2D eigenvalue weighted by atomic mass is 35.5. The van der Waals surface area contributed by atoms with Gasteiger partial charge in [0.05, 0.1) is 0 Å². The molecule has 0 saturated heterocycles. The minimum absolute atomic E-state index is 0.0679. The first-order chi connectivity index (χ1) is 7.27. The van der Waals surface area contributed by atoms with Crippen molar-refractivity contribution in [2.45, 2.75) is 0 Å². The van der Waals surface area contributed by atoms with Gasteiger partial charge >= 0.3 is 0 Å². The molecule has 0 aromatic heterocycles. The average Bonchev–Trinajstić information content (AvgIpc) is 2.27. The van der Waals surface area contributed by atoms with Gasteiger partial charge in [-0.25, -0.2) is 0 Å². The van der Waals surface area contributed by atoms with Gasteiger partial charge in [0, 0.05) is 5.02 Å². The average molecular weight is 215 g/mol. The van der Waals surface area contributed by atoms with Crippen molar-refractivity contribution in [1.29, 1.82) is 10.5 Å². The van der Waals surface area contributed by atoms with E-state index in [1.54, 1.807) is 30.4 Å². The molecule has 0 unspecified atom stereocenters. The lowest BCUT2D eigenvalue weighted by Gasteiger charge is -1.94. The molecule has 0 saturated carbocycles. The van der Waals surface area contributed by atoms with Crippen molar-refractivity contribution in [3.63, 3.8) is 0 Å². The highest BCUT2D eigenvalue weighted by Crippen LogP contribution is 2.16. The van der Waals surface area contributed by atoms with Gasteiger partial charge in [-0.1, -0.05) is 42.0 Å². The van der Waals surface area contributed by atoms with E-state index < -0.39 is 0 Å². The molecule has 0 bridgehead atoms. The molecule has 0 amide bonds. The Bertz CT molecular complexity index is 471. The smallest absolute Gasteiger partial charge is 0.129 e. The third kappa shape index (κ3) is 3.31. The van der Waals surface area contributed by atoms with Crippen LogP contribution in [0.25, 0.3) is 6.08 Å². The molecule has 0 aliphatic heterocycles. The van der Waals surface area contributed by atoms with Crippen LogP contribution < -0.4 is 0 Å². The number of hydrogen-bond acceptors (Lipinski definition) is 2. The van der Waals surface area contributed by atoms with E-state index in [9.17, 15) is 0 Å². The van der Waals surface area contributed by atoms with E-state index in [2.05, 4.69) is 0 Å². The van der Waals surface area contributed by atoms with Crippen LogP contribution in [0.15, 0.2) is 42.0 Å². The van der Waals surface area contributed by atoms with E-state index in [0.29, 0.717) is 5.02 Å². The van der Waals surface area contributed by atoms with Gasteiger partial charge in [-0.3, -0.25) is 0 Å². The Morgan fingerprint density at radius 3 is 2.47 bits per heavy atom. The maximum atomic E-state index is 8.48. The van der Waals surface area contributed by atoms with Crippen LogP contribution in [0.2, 0.25) is 5.02 Å². The summed E-state index contributed by atoms with van der Waals surface area (Å²) >= 11 is 5.91. The van der Waals surface area contributed by atoms with E-state index in [4.69, 9.17) is 22.1 Å². The van der Waals surface area contributed by atoms with Gasteiger partial charge in [0.15, 0.2) is 0 Å². The quantitative estimate of drug-likeness (QED) is 0.560. The summed E-state index contributed by atoms with van der Waals surface area (Å²) < 4.78 is 0. The standard InChI is InChI=1S/C12H7ClN2/c13-12-7-2-1-5-11(12)6-3-4-10(8-14)9-15/h1-7H. The van der Waals surface area contributed by atoms with Crippen LogP contribution in [0.5, 0.6) is 0 Å². The number of nitriles is 2. The highest BCUT2D eigenvalue weighted by Gasteiger charge is 1.92. The molecule has 0 fully saturated rings. The maximum absolute atomic E-state index is 8.48. The first kappa shape index (κ1) is 11.0. The van der Waals surface area contributed by atoms with Crippen molar-refractivity contribution >= 4 is 17.7 Å². The summed E-state index contributed by atoms with van der Waals surface area (Å²) in [6, 6.07) is 10.9. The third-order valence-electron chi connectivity index (χ3n) is 1.68. The molecule has 0 aliphatic carbocycles. The van der Waals surface area contributed by atoms with Gasteiger partial charge < -0.3 is 0 Å². The summed E-state index contributed by atoms with van der Waals surface area (Å²) in [6.45, 7) is 0. The molecule has 0 atom stereocenters. The van der Waals surface area contributed by atoms with Crippen LogP contribution >= 0.6 is 11.6 Å².